The quantitative estimate of drug-likeness (QED) is 0.918. The molecule has 0 saturated heterocycles. The summed E-state index contributed by atoms with van der Waals surface area (Å²) in [5.74, 6) is -0.344. The van der Waals surface area contributed by atoms with Crippen molar-refractivity contribution in [1.82, 2.24) is 0 Å². The van der Waals surface area contributed by atoms with Crippen molar-refractivity contribution in [1.29, 1.82) is 0 Å². The first-order chi connectivity index (χ1) is 9.73. The Morgan fingerprint density at radius 2 is 1.90 bits per heavy atom. The van der Waals surface area contributed by atoms with Gasteiger partial charge in [0.25, 0.3) is 0 Å². The Kier molecular flexibility index (Phi) is 4.63. The number of aromatic carboxylic acids is 1. The Hall–Kier alpha value is -1.07. The number of carbonyl (C=O) groups is 1. The monoisotopic (exact) mass is 330 g/mol. The molecule has 0 amide bonds. The molecule has 0 aromatic heterocycles. The molecular formula is C15H19ClO4S. The second-order valence-corrected chi connectivity index (χ2v) is 8.52. The molecule has 1 saturated carbocycles. The third-order valence-electron chi connectivity index (χ3n) is 4.49. The SMILES string of the molecule is CC1CCC(S(=O)(=O)c2ccc(Cl)c(C(=O)O)c2)CC1C. The molecule has 1 aliphatic carbocycles. The Morgan fingerprint density at radius 1 is 1.24 bits per heavy atom. The predicted molar refractivity (Wildman–Crippen MR) is 81.6 cm³/mol. The van der Waals surface area contributed by atoms with Crippen molar-refractivity contribution in [2.24, 2.45) is 11.8 Å². The number of hydrogen-bond donors (Lipinski definition) is 1. The van der Waals surface area contributed by atoms with Gasteiger partial charge in [-0.25, -0.2) is 13.2 Å². The van der Waals surface area contributed by atoms with E-state index in [4.69, 9.17) is 16.7 Å². The number of sulfone groups is 1. The van der Waals surface area contributed by atoms with Crippen LogP contribution in [0, 0.1) is 11.8 Å². The maximum atomic E-state index is 12.7. The summed E-state index contributed by atoms with van der Waals surface area (Å²) in [7, 11) is -3.51. The third-order valence-corrected chi connectivity index (χ3v) is 7.03. The van der Waals surface area contributed by atoms with E-state index in [0.29, 0.717) is 24.7 Å². The predicted octanol–water partition coefficient (Wildman–Crippen LogP) is 3.64. The van der Waals surface area contributed by atoms with E-state index in [-0.39, 0.29) is 15.5 Å². The molecule has 0 radical (unpaired) electrons. The van der Waals surface area contributed by atoms with Gasteiger partial charge in [-0.3, -0.25) is 0 Å². The molecule has 2 rings (SSSR count). The fraction of sp³-hybridized carbons (Fsp3) is 0.533. The zero-order valence-electron chi connectivity index (χ0n) is 12.0. The number of hydrogen-bond acceptors (Lipinski definition) is 3. The van der Waals surface area contributed by atoms with Crippen LogP contribution in [-0.4, -0.2) is 24.7 Å². The summed E-state index contributed by atoms with van der Waals surface area (Å²) in [6.45, 7) is 4.20. The van der Waals surface area contributed by atoms with E-state index in [9.17, 15) is 13.2 Å². The molecule has 116 valence electrons. The van der Waals surface area contributed by atoms with Crippen molar-refractivity contribution in [3.63, 3.8) is 0 Å². The smallest absolute Gasteiger partial charge is 0.337 e. The molecule has 1 aromatic carbocycles. The van der Waals surface area contributed by atoms with E-state index in [1.807, 2.05) is 0 Å². The van der Waals surface area contributed by atoms with Crippen LogP contribution in [0.5, 0.6) is 0 Å². The molecule has 1 N–H and O–H groups in total. The molecular weight excluding hydrogens is 312 g/mol. The summed E-state index contributed by atoms with van der Waals surface area (Å²) in [5, 5.41) is 8.67. The van der Waals surface area contributed by atoms with Gasteiger partial charge in [0.05, 0.1) is 20.7 Å². The summed E-state index contributed by atoms with van der Waals surface area (Å²) in [5.41, 5.74) is -0.171. The van der Waals surface area contributed by atoms with Crippen LogP contribution in [0.2, 0.25) is 5.02 Å². The molecule has 0 aliphatic heterocycles. The van der Waals surface area contributed by atoms with Crippen molar-refractivity contribution in [3.8, 4) is 0 Å². The van der Waals surface area contributed by atoms with Gasteiger partial charge in [0.2, 0.25) is 0 Å². The van der Waals surface area contributed by atoms with Crippen LogP contribution in [-0.2, 0) is 9.84 Å². The summed E-state index contributed by atoms with van der Waals surface area (Å²) >= 11 is 5.79. The van der Waals surface area contributed by atoms with Gasteiger partial charge in [0.1, 0.15) is 0 Å². The maximum absolute atomic E-state index is 12.7. The average molecular weight is 331 g/mol. The Bertz CT molecular complexity index is 654. The van der Waals surface area contributed by atoms with Crippen molar-refractivity contribution < 1.29 is 18.3 Å². The van der Waals surface area contributed by atoms with Crippen LogP contribution in [0.15, 0.2) is 23.1 Å². The van der Waals surface area contributed by atoms with Crippen LogP contribution in [0.1, 0.15) is 43.5 Å². The largest absolute Gasteiger partial charge is 0.478 e. The van der Waals surface area contributed by atoms with Gasteiger partial charge < -0.3 is 5.11 Å². The average Bonchev–Trinajstić information content (AvgIpc) is 2.41. The molecule has 0 heterocycles. The minimum atomic E-state index is -3.51. The zero-order valence-corrected chi connectivity index (χ0v) is 13.6. The van der Waals surface area contributed by atoms with Crippen molar-refractivity contribution >= 4 is 27.4 Å². The summed E-state index contributed by atoms with van der Waals surface area (Å²) < 4.78 is 25.4. The first kappa shape index (κ1) is 16.3. The third kappa shape index (κ3) is 3.24. The minimum absolute atomic E-state index is 0.0482. The number of halogens is 1. The lowest BCUT2D eigenvalue weighted by atomic mass is 9.81. The first-order valence-electron chi connectivity index (χ1n) is 7.00. The van der Waals surface area contributed by atoms with E-state index in [1.165, 1.54) is 18.2 Å². The number of benzene rings is 1. The summed E-state index contributed by atoms with van der Waals surface area (Å²) in [6.07, 6.45) is 2.12. The van der Waals surface area contributed by atoms with Crippen molar-refractivity contribution in [2.75, 3.05) is 0 Å². The minimum Gasteiger partial charge on any atom is -0.478 e. The Morgan fingerprint density at radius 3 is 2.48 bits per heavy atom. The molecule has 6 heteroatoms. The van der Waals surface area contributed by atoms with E-state index in [1.54, 1.807) is 0 Å². The molecule has 1 aliphatic rings. The fourth-order valence-electron chi connectivity index (χ4n) is 2.82. The lowest BCUT2D eigenvalue weighted by Crippen LogP contribution is -2.31. The van der Waals surface area contributed by atoms with Crippen LogP contribution >= 0.6 is 11.6 Å². The van der Waals surface area contributed by atoms with Gasteiger partial charge in [0.15, 0.2) is 9.84 Å². The van der Waals surface area contributed by atoms with Crippen LogP contribution in [0.3, 0.4) is 0 Å². The highest BCUT2D eigenvalue weighted by atomic mass is 35.5. The van der Waals surface area contributed by atoms with Gasteiger partial charge in [0, 0.05) is 0 Å². The standard InChI is InChI=1S/C15H19ClO4S/c1-9-3-4-11(7-10(9)2)21(19,20)12-5-6-14(16)13(8-12)15(17)18/h5-6,8-11H,3-4,7H2,1-2H3,(H,17,18). The van der Waals surface area contributed by atoms with Crippen LogP contribution < -0.4 is 0 Å². The molecule has 1 aromatic rings. The highest BCUT2D eigenvalue weighted by Crippen LogP contribution is 2.36. The highest BCUT2D eigenvalue weighted by Gasteiger charge is 2.34. The Balaban J connectivity index is 2.36. The molecule has 0 spiro atoms. The van der Waals surface area contributed by atoms with Gasteiger partial charge in [-0.1, -0.05) is 25.4 Å². The molecule has 4 nitrogen and oxygen atoms in total. The van der Waals surface area contributed by atoms with E-state index >= 15 is 0 Å². The number of carboxylic acids is 1. The second kappa shape index (κ2) is 5.97. The topological polar surface area (TPSA) is 71.4 Å². The van der Waals surface area contributed by atoms with Gasteiger partial charge in [-0.2, -0.15) is 0 Å². The lowest BCUT2D eigenvalue weighted by molar-refractivity contribution is 0.0697. The van der Waals surface area contributed by atoms with E-state index < -0.39 is 21.1 Å². The van der Waals surface area contributed by atoms with Crippen molar-refractivity contribution in [3.05, 3.63) is 28.8 Å². The molecule has 3 unspecified atom stereocenters. The zero-order chi connectivity index (χ0) is 15.8. The lowest BCUT2D eigenvalue weighted by Gasteiger charge is -2.31. The fourth-order valence-corrected chi connectivity index (χ4v) is 4.94. The summed E-state index contributed by atoms with van der Waals surface area (Å²) in [6, 6.07) is 3.91. The Labute approximate surface area is 130 Å². The summed E-state index contributed by atoms with van der Waals surface area (Å²) in [4.78, 5) is 11.1. The highest BCUT2D eigenvalue weighted by molar-refractivity contribution is 7.92. The maximum Gasteiger partial charge on any atom is 0.337 e. The van der Waals surface area contributed by atoms with Crippen LogP contribution in [0.4, 0.5) is 0 Å². The van der Waals surface area contributed by atoms with Gasteiger partial charge >= 0.3 is 5.97 Å². The van der Waals surface area contributed by atoms with Crippen LogP contribution in [0.25, 0.3) is 0 Å². The molecule has 1 fully saturated rings. The van der Waals surface area contributed by atoms with Gasteiger partial charge in [-0.05, 0) is 49.3 Å². The first-order valence-corrected chi connectivity index (χ1v) is 8.92. The molecule has 0 bridgehead atoms. The molecule has 3 atom stereocenters. The normalized spacial score (nSPS) is 26.5. The van der Waals surface area contributed by atoms with Gasteiger partial charge in [-0.15, -0.1) is 0 Å². The van der Waals surface area contributed by atoms with Crippen molar-refractivity contribution in [2.45, 2.75) is 43.3 Å². The molecule has 21 heavy (non-hydrogen) atoms. The number of carboxylic acid groups (broad SMARTS) is 1. The number of rotatable bonds is 3. The van der Waals surface area contributed by atoms with E-state index in [2.05, 4.69) is 13.8 Å². The van der Waals surface area contributed by atoms with E-state index in [0.717, 1.165) is 6.42 Å². The second-order valence-electron chi connectivity index (χ2n) is 5.88.